The molecule has 5 nitrogen and oxygen atoms in total. The molecular formula is C15H19N3O2. The summed E-state index contributed by atoms with van der Waals surface area (Å²) in [6.45, 7) is 6.29. The standard InChI is InChI=1S/C15H19N3O2/c1-15(2,3)20-14(19)18-8-4-5-13(18)7-6-12-9-16-11-17-10-12/h9-11,13H,4-5,8H2,1-3H3/t13-/m0/s1. The van der Waals surface area contributed by atoms with Gasteiger partial charge in [0.05, 0.1) is 11.6 Å². The normalized spacial score (nSPS) is 18.4. The summed E-state index contributed by atoms with van der Waals surface area (Å²) in [6, 6.07) is -0.0925. The quantitative estimate of drug-likeness (QED) is 0.680. The number of likely N-dealkylation sites (tertiary alicyclic amines) is 1. The molecule has 2 heterocycles. The minimum atomic E-state index is -0.481. The summed E-state index contributed by atoms with van der Waals surface area (Å²) in [4.78, 5) is 21.6. The Morgan fingerprint density at radius 3 is 2.75 bits per heavy atom. The number of ether oxygens (including phenoxy) is 1. The summed E-state index contributed by atoms with van der Waals surface area (Å²) >= 11 is 0. The molecule has 0 aliphatic carbocycles. The van der Waals surface area contributed by atoms with Crippen LogP contribution in [0.1, 0.15) is 39.2 Å². The van der Waals surface area contributed by atoms with Crippen molar-refractivity contribution in [2.24, 2.45) is 0 Å². The maximum absolute atomic E-state index is 12.1. The fourth-order valence-corrected chi connectivity index (χ4v) is 1.99. The van der Waals surface area contributed by atoms with Gasteiger partial charge in [-0.25, -0.2) is 14.8 Å². The lowest BCUT2D eigenvalue weighted by Gasteiger charge is -2.26. The van der Waals surface area contributed by atoms with E-state index in [4.69, 9.17) is 4.74 Å². The Morgan fingerprint density at radius 1 is 1.40 bits per heavy atom. The highest BCUT2D eigenvalue weighted by Gasteiger charge is 2.30. The largest absolute Gasteiger partial charge is 0.444 e. The monoisotopic (exact) mass is 273 g/mol. The van der Waals surface area contributed by atoms with E-state index in [1.807, 2.05) is 20.8 Å². The first-order chi connectivity index (χ1) is 9.46. The van der Waals surface area contributed by atoms with Gasteiger partial charge in [-0.2, -0.15) is 0 Å². The smallest absolute Gasteiger partial charge is 0.411 e. The van der Waals surface area contributed by atoms with Crippen LogP contribution in [0.5, 0.6) is 0 Å². The van der Waals surface area contributed by atoms with Gasteiger partial charge in [0, 0.05) is 18.9 Å². The van der Waals surface area contributed by atoms with E-state index in [2.05, 4.69) is 21.8 Å². The van der Waals surface area contributed by atoms with Gasteiger partial charge < -0.3 is 4.74 Å². The maximum Gasteiger partial charge on any atom is 0.411 e. The molecule has 1 fully saturated rings. The molecular weight excluding hydrogens is 254 g/mol. The molecule has 0 unspecified atom stereocenters. The maximum atomic E-state index is 12.1. The second-order valence-corrected chi connectivity index (χ2v) is 5.73. The molecule has 1 atom stereocenters. The Labute approximate surface area is 119 Å². The first kappa shape index (κ1) is 14.3. The molecule has 2 rings (SSSR count). The van der Waals surface area contributed by atoms with Crippen LogP contribution in [0.2, 0.25) is 0 Å². The molecule has 0 aromatic carbocycles. The number of rotatable bonds is 0. The predicted molar refractivity (Wildman–Crippen MR) is 74.9 cm³/mol. The Kier molecular flexibility index (Phi) is 4.23. The van der Waals surface area contributed by atoms with Gasteiger partial charge in [0.2, 0.25) is 0 Å². The fourth-order valence-electron chi connectivity index (χ4n) is 1.99. The molecule has 20 heavy (non-hydrogen) atoms. The molecule has 1 aromatic rings. The Morgan fingerprint density at radius 2 is 2.10 bits per heavy atom. The van der Waals surface area contributed by atoms with Gasteiger partial charge in [0.15, 0.2) is 0 Å². The van der Waals surface area contributed by atoms with Crippen LogP contribution in [0.4, 0.5) is 4.79 Å². The number of nitrogens with zero attached hydrogens (tertiary/aromatic N) is 3. The molecule has 1 aromatic heterocycles. The van der Waals surface area contributed by atoms with Gasteiger partial charge in [-0.05, 0) is 33.6 Å². The average Bonchev–Trinajstić information content (AvgIpc) is 2.84. The zero-order chi connectivity index (χ0) is 14.6. The number of amides is 1. The molecule has 5 heteroatoms. The molecule has 1 aliphatic heterocycles. The van der Waals surface area contributed by atoms with Gasteiger partial charge in [-0.3, -0.25) is 4.90 Å². The highest BCUT2D eigenvalue weighted by molar-refractivity contribution is 5.69. The van der Waals surface area contributed by atoms with Crippen molar-refractivity contribution in [1.82, 2.24) is 14.9 Å². The molecule has 0 N–H and O–H groups in total. The molecule has 0 bridgehead atoms. The van der Waals surface area contributed by atoms with Crippen molar-refractivity contribution in [1.29, 1.82) is 0 Å². The van der Waals surface area contributed by atoms with E-state index >= 15 is 0 Å². The van der Waals surface area contributed by atoms with Crippen molar-refractivity contribution in [2.75, 3.05) is 6.54 Å². The van der Waals surface area contributed by atoms with Crippen LogP contribution in [-0.4, -0.2) is 39.1 Å². The van der Waals surface area contributed by atoms with E-state index in [9.17, 15) is 4.79 Å². The van der Waals surface area contributed by atoms with Crippen molar-refractivity contribution < 1.29 is 9.53 Å². The Bertz CT molecular complexity index is 526. The average molecular weight is 273 g/mol. The van der Waals surface area contributed by atoms with Crippen LogP contribution < -0.4 is 0 Å². The first-order valence-corrected chi connectivity index (χ1v) is 6.72. The summed E-state index contributed by atoms with van der Waals surface area (Å²) in [6.07, 6.45) is 6.32. The zero-order valence-electron chi connectivity index (χ0n) is 12.1. The molecule has 106 valence electrons. The van der Waals surface area contributed by atoms with Gasteiger partial charge in [-0.1, -0.05) is 11.8 Å². The summed E-state index contributed by atoms with van der Waals surface area (Å²) < 4.78 is 5.40. The number of hydrogen-bond donors (Lipinski definition) is 0. The second-order valence-electron chi connectivity index (χ2n) is 5.73. The van der Waals surface area contributed by atoms with Crippen molar-refractivity contribution >= 4 is 6.09 Å². The summed E-state index contributed by atoms with van der Waals surface area (Å²) in [5.74, 6) is 6.12. The van der Waals surface area contributed by atoms with Crippen molar-refractivity contribution in [3.8, 4) is 11.8 Å². The van der Waals surface area contributed by atoms with Crippen LogP contribution in [0.15, 0.2) is 18.7 Å². The van der Waals surface area contributed by atoms with E-state index in [-0.39, 0.29) is 12.1 Å². The summed E-state index contributed by atoms with van der Waals surface area (Å²) in [5, 5.41) is 0. The third kappa shape index (κ3) is 3.95. The number of aromatic nitrogens is 2. The van der Waals surface area contributed by atoms with Crippen LogP contribution in [-0.2, 0) is 4.74 Å². The van der Waals surface area contributed by atoms with Crippen LogP contribution in [0, 0.1) is 11.8 Å². The topological polar surface area (TPSA) is 55.3 Å². The third-order valence-electron chi connectivity index (χ3n) is 2.82. The molecule has 0 radical (unpaired) electrons. The van der Waals surface area contributed by atoms with Crippen molar-refractivity contribution in [3.63, 3.8) is 0 Å². The lowest BCUT2D eigenvalue weighted by molar-refractivity contribution is 0.0261. The van der Waals surface area contributed by atoms with E-state index in [1.54, 1.807) is 17.3 Å². The van der Waals surface area contributed by atoms with Gasteiger partial charge in [-0.15, -0.1) is 0 Å². The van der Waals surface area contributed by atoms with E-state index in [0.717, 1.165) is 18.4 Å². The zero-order valence-corrected chi connectivity index (χ0v) is 12.1. The van der Waals surface area contributed by atoms with Crippen LogP contribution in [0.3, 0.4) is 0 Å². The molecule has 1 saturated heterocycles. The van der Waals surface area contributed by atoms with E-state index < -0.39 is 5.60 Å². The fraction of sp³-hybridized carbons (Fsp3) is 0.533. The van der Waals surface area contributed by atoms with Crippen LogP contribution in [0.25, 0.3) is 0 Å². The van der Waals surface area contributed by atoms with Crippen molar-refractivity contribution in [2.45, 2.75) is 45.3 Å². The Hall–Kier alpha value is -2.09. The molecule has 1 aliphatic rings. The lowest BCUT2D eigenvalue weighted by atomic mass is 10.2. The minimum Gasteiger partial charge on any atom is -0.444 e. The van der Waals surface area contributed by atoms with E-state index in [1.165, 1.54) is 6.33 Å². The van der Waals surface area contributed by atoms with E-state index in [0.29, 0.717) is 6.54 Å². The van der Waals surface area contributed by atoms with Gasteiger partial charge >= 0.3 is 6.09 Å². The summed E-state index contributed by atoms with van der Waals surface area (Å²) in [7, 11) is 0. The summed E-state index contributed by atoms with van der Waals surface area (Å²) in [5.41, 5.74) is 0.272. The number of carbonyl (C=O) groups excluding carboxylic acids is 1. The molecule has 0 spiro atoms. The minimum absolute atomic E-state index is 0.0925. The number of hydrogen-bond acceptors (Lipinski definition) is 4. The highest BCUT2D eigenvalue weighted by Crippen LogP contribution is 2.20. The first-order valence-electron chi connectivity index (χ1n) is 6.72. The third-order valence-corrected chi connectivity index (χ3v) is 2.82. The number of carbonyl (C=O) groups is 1. The molecule has 0 saturated carbocycles. The van der Waals surface area contributed by atoms with Crippen LogP contribution >= 0.6 is 0 Å². The highest BCUT2D eigenvalue weighted by atomic mass is 16.6. The molecule has 1 amide bonds. The second kappa shape index (κ2) is 5.91. The SMILES string of the molecule is CC(C)(C)OC(=O)N1CCC[C@H]1C#Cc1cncnc1. The predicted octanol–water partition coefficient (Wildman–Crippen LogP) is 2.23. The lowest BCUT2D eigenvalue weighted by Crippen LogP contribution is -2.39. The van der Waals surface area contributed by atoms with Gasteiger partial charge in [0.1, 0.15) is 11.9 Å². The Balaban J connectivity index is 2.05. The van der Waals surface area contributed by atoms with Gasteiger partial charge in [0.25, 0.3) is 0 Å². The van der Waals surface area contributed by atoms with Crippen molar-refractivity contribution in [3.05, 3.63) is 24.3 Å².